The Morgan fingerprint density at radius 3 is 2.76 bits per heavy atom. The molecule has 17 heavy (non-hydrogen) atoms. The molecule has 0 aromatic heterocycles. The van der Waals surface area contributed by atoms with E-state index in [1.165, 1.54) is 12.1 Å². The van der Waals surface area contributed by atoms with Crippen LogP contribution in [0.25, 0.3) is 0 Å². The molecule has 0 spiro atoms. The molecule has 0 fully saturated rings. The molecule has 0 aliphatic heterocycles. The van der Waals surface area contributed by atoms with Gasteiger partial charge in [0.15, 0.2) is 0 Å². The van der Waals surface area contributed by atoms with E-state index in [2.05, 4.69) is 6.58 Å². The fourth-order valence-corrected chi connectivity index (χ4v) is 1.57. The molecule has 1 aromatic carbocycles. The number of halogens is 1. The van der Waals surface area contributed by atoms with Gasteiger partial charge in [0.1, 0.15) is 11.4 Å². The molecule has 0 atom stereocenters. The standard InChI is InChI=1S/C12H14FNO3/c1-2-6-14(7-8-15)10-5-3-4-9(13)11(10)12(16)17/h2-5,15H,1,6-8H2,(H,16,17). The van der Waals surface area contributed by atoms with E-state index in [4.69, 9.17) is 10.2 Å². The summed E-state index contributed by atoms with van der Waals surface area (Å²) >= 11 is 0. The highest BCUT2D eigenvalue weighted by molar-refractivity contribution is 5.94. The quantitative estimate of drug-likeness (QED) is 0.739. The number of nitrogens with zero attached hydrogens (tertiary/aromatic N) is 1. The van der Waals surface area contributed by atoms with Crippen molar-refractivity contribution < 1.29 is 19.4 Å². The van der Waals surface area contributed by atoms with Crippen LogP contribution in [0.5, 0.6) is 0 Å². The molecule has 0 bridgehead atoms. The minimum Gasteiger partial charge on any atom is -0.478 e. The Kier molecular flexibility index (Phi) is 4.66. The van der Waals surface area contributed by atoms with E-state index in [1.807, 2.05) is 0 Å². The number of carboxylic acid groups (broad SMARTS) is 1. The van der Waals surface area contributed by atoms with Crippen LogP contribution in [0.4, 0.5) is 10.1 Å². The Hall–Kier alpha value is -1.88. The lowest BCUT2D eigenvalue weighted by Crippen LogP contribution is -2.28. The number of carboxylic acids is 1. The first-order chi connectivity index (χ1) is 8.11. The third-order valence-corrected chi connectivity index (χ3v) is 2.27. The highest BCUT2D eigenvalue weighted by Gasteiger charge is 2.19. The number of rotatable bonds is 6. The molecule has 0 aliphatic carbocycles. The highest BCUT2D eigenvalue weighted by atomic mass is 19.1. The molecule has 4 nitrogen and oxygen atoms in total. The summed E-state index contributed by atoms with van der Waals surface area (Å²) in [5.74, 6) is -2.12. The molecule has 0 saturated carbocycles. The van der Waals surface area contributed by atoms with E-state index in [1.54, 1.807) is 11.0 Å². The minimum absolute atomic E-state index is 0.149. The number of benzene rings is 1. The zero-order chi connectivity index (χ0) is 12.8. The van der Waals surface area contributed by atoms with Crippen molar-refractivity contribution in [1.82, 2.24) is 0 Å². The molecule has 0 aliphatic rings. The number of carbonyl (C=O) groups is 1. The van der Waals surface area contributed by atoms with Crippen molar-refractivity contribution in [1.29, 1.82) is 0 Å². The molecule has 0 heterocycles. The summed E-state index contributed by atoms with van der Waals surface area (Å²) in [4.78, 5) is 12.6. The number of hydrogen-bond acceptors (Lipinski definition) is 3. The van der Waals surface area contributed by atoms with Gasteiger partial charge in [0.05, 0.1) is 12.3 Å². The Morgan fingerprint density at radius 2 is 2.24 bits per heavy atom. The van der Waals surface area contributed by atoms with Crippen LogP contribution in [0.1, 0.15) is 10.4 Å². The third kappa shape index (κ3) is 3.04. The highest BCUT2D eigenvalue weighted by Crippen LogP contribution is 2.23. The van der Waals surface area contributed by atoms with Crippen molar-refractivity contribution in [3.8, 4) is 0 Å². The SMILES string of the molecule is C=CCN(CCO)c1cccc(F)c1C(=O)O. The van der Waals surface area contributed by atoms with E-state index in [0.717, 1.165) is 6.07 Å². The summed E-state index contributed by atoms with van der Waals surface area (Å²) in [7, 11) is 0. The Balaban J connectivity index is 3.21. The van der Waals surface area contributed by atoms with Crippen molar-refractivity contribution in [2.45, 2.75) is 0 Å². The first kappa shape index (κ1) is 13.2. The zero-order valence-electron chi connectivity index (χ0n) is 9.27. The molecular weight excluding hydrogens is 225 g/mol. The first-order valence-electron chi connectivity index (χ1n) is 5.10. The molecule has 92 valence electrons. The number of anilines is 1. The summed E-state index contributed by atoms with van der Waals surface area (Å²) in [5, 5.41) is 17.9. The summed E-state index contributed by atoms with van der Waals surface area (Å²) in [5.41, 5.74) is -0.144. The van der Waals surface area contributed by atoms with Crippen LogP contribution >= 0.6 is 0 Å². The van der Waals surface area contributed by atoms with Gasteiger partial charge in [0.25, 0.3) is 0 Å². The van der Waals surface area contributed by atoms with E-state index >= 15 is 0 Å². The van der Waals surface area contributed by atoms with E-state index in [9.17, 15) is 9.18 Å². The molecule has 5 heteroatoms. The van der Waals surface area contributed by atoms with Gasteiger partial charge in [0, 0.05) is 13.1 Å². The largest absolute Gasteiger partial charge is 0.478 e. The molecule has 0 radical (unpaired) electrons. The van der Waals surface area contributed by atoms with Gasteiger partial charge in [-0.25, -0.2) is 9.18 Å². The van der Waals surface area contributed by atoms with Crippen LogP contribution in [-0.4, -0.2) is 35.9 Å². The van der Waals surface area contributed by atoms with Gasteiger partial charge in [-0.15, -0.1) is 6.58 Å². The smallest absolute Gasteiger partial charge is 0.340 e. The normalized spacial score (nSPS) is 10.0. The van der Waals surface area contributed by atoms with Crippen LogP contribution in [0, 0.1) is 5.82 Å². The monoisotopic (exact) mass is 239 g/mol. The summed E-state index contributed by atoms with van der Waals surface area (Å²) in [6.07, 6.45) is 1.56. The predicted octanol–water partition coefficient (Wildman–Crippen LogP) is 1.51. The van der Waals surface area contributed by atoms with Gasteiger partial charge in [-0.2, -0.15) is 0 Å². The average molecular weight is 239 g/mol. The molecule has 1 aromatic rings. The second-order valence-electron chi connectivity index (χ2n) is 3.40. The minimum atomic E-state index is -1.33. The van der Waals surface area contributed by atoms with Gasteiger partial charge < -0.3 is 15.1 Å². The van der Waals surface area contributed by atoms with Gasteiger partial charge in [0.2, 0.25) is 0 Å². The maximum atomic E-state index is 13.4. The van der Waals surface area contributed by atoms with Crippen LogP contribution in [0.3, 0.4) is 0 Å². The Morgan fingerprint density at radius 1 is 1.53 bits per heavy atom. The van der Waals surface area contributed by atoms with Crippen molar-refractivity contribution in [2.24, 2.45) is 0 Å². The topological polar surface area (TPSA) is 60.8 Å². The molecule has 0 saturated heterocycles. The fraction of sp³-hybridized carbons (Fsp3) is 0.250. The van der Waals surface area contributed by atoms with Crippen molar-refractivity contribution in [3.05, 3.63) is 42.2 Å². The second-order valence-corrected chi connectivity index (χ2v) is 3.40. The van der Waals surface area contributed by atoms with Gasteiger partial charge in [-0.05, 0) is 12.1 Å². The lowest BCUT2D eigenvalue weighted by Gasteiger charge is -2.24. The molecule has 0 amide bonds. The average Bonchev–Trinajstić information content (AvgIpc) is 2.28. The van der Waals surface area contributed by atoms with Gasteiger partial charge >= 0.3 is 5.97 Å². The third-order valence-electron chi connectivity index (χ3n) is 2.27. The summed E-state index contributed by atoms with van der Waals surface area (Å²) in [6, 6.07) is 4.04. The molecule has 0 unspecified atom stereocenters. The van der Waals surface area contributed by atoms with E-state index in [0.29, 0.717) is 6.54 Å². The van der Waals surface area contributed by atoms with Crippen LogP contribution in [-0.2, 0) is 0 Å². The summed E-state index contributed by atoms with van der Waals surface area (Å²) in [6.45, 7) is 3.95. The lowest BCUT2D eigenvalue weighted by atomic mass is 10.1. The fourth-order valence-electron chi connectivity index (χ4n) is 1.57. The number of hydrogen-bond donors (Lipinski definition) is 2. The maximum absolute atomic E-state index is 13.4. The summed E-state index contributed by atoms with van der Waals surface area (Å²) < 4.78 is 13.4. The predicted molar refractivity (Wildman–Crippen MR) is 62.9 cm³/mol. The number of aliphatic hydroxyl groups excluding tert-OH is 1. The van der Waals surface area contributed by atoms with E-state index in [-0.39, 0.29) is 24.4 Å². The zero-order valence-corrected chi connectivity index (χ0v) is 9.27. The molecular formula is C12H14FNO3. The van der Waals surface area contributed by atoms with Crippen LogP contribution in [0.2, 0.25) is 0 Å². The van der Waals surface area contributed by atoms with Crippen molar-refractivity contribution in [3.63, 3.8) is 0 Å². The second kappa shape index (κ2) is 6.00. The number of aromatic carboxylic acids is 1. The van der Waals surface area contributed by atoms with Gasteiger partial charge in [-0.1, -0.05) is 12.1 Å². The lowest BCUT2D eigenvalue weighted by molar-refractivity contribution is 0.0692. The first-order valence-corrected chi connectivity index (χ1v) is 5.10. The van der Waals surface area contributed by atoms with Crippen molar-refractivity contribution >= 4 is 11.7 Å². The Labute approximate surface area is 98.6 Å². The molecule has 1 rings (SSSR count). The molecule has 2 N–H and O–H groups in total. The van der Waals surface area contributed by atoms with Gasteiger partial charge in [-0.3, -0.25) is 0 Å². The van der Waals surface area contributed by atoms with E-state index < -0.39 is 11.8 Å². The Bertz CT molecular complexity index is 420. The van der Waals surface area contributed by atoms with Crippen LogP contribution in [0.15, 0.2) is 30.9 Å². The number of aliphatic hydroxyl groups is 1. The van der Waals surface area contributed by atoms with Crippen LogP contribution < -0.4 is 4.90 Å². The maximum Gasteiger partial charge on any atom is 0.340 e. The van der Waals surface area contributed by atoms with Crippen molar-refractivity contribution in [2.75, 3.05) is 24.6 Å².